The maximum atomic E-state index is 11.8. The van der Waals surface area contributed by atoms with E-state index in [2.05, 4.69) is 13.8 Å². The van der Waals surface area contributed by atoms with Crippen molar-refractivity contribution in [1.29, 1.82) is 0 Å². The summed E-state index contributed by atoms with van der Waals surface area (Å²) in [6, 6.07) is 0. The largest absolute Gasteiger partial charge is 0.299 e. The fraction of sp³-hybridized carbons (Fsp3) is 0.917. The van der Waals surface area contributed by atoms with Gasteiger partial charge in [0.05, 0.1) is 0 Å². The molecule has 0 aromatic rings. The summed E-state index contributed by atoms with van der Waals surface area (Å²) < 4.78 is 0. The summed E-state index contributed by atoms with van der Waals surface area (Å²) in [6.07, 6.45) is 6.04. The second-order valence-electron chi connectivity index (χ2n) is 4.97. The van der Waals surface area contributed by atoms with Crippen LogP contribution in [0.1, 0.15) is 46.0 Å². The fourth-order valence-corrected chi connectivity index (χ4v) is 2.92. The smallest absolute Gasteiger partial charge is 0.136 e. The molecule has 2 aliphatic rings. The van der Waals surface area contributed by atoms with E-state index < -0.39 is 0 Å². The third-order valence-electron chi connectivity index (χ3n) is 4.02. The van der Waals surface area contributed by atoms with E-state index in [1.807, 2.05) is 0 Å². The van der Waals surface area contributed by atoms with Crippen LogP contribution in [-0.2, 0) is 4.79 Å². The van der Waals surface area contributed by atoms with Crippen molar-refractivity contribution < 1.29 is 4.79 Å². The SMILES string of the molecule is CCC(C)CC(=O)C1C2CCCC21. The van der Waals surface area contributed by atoms with Crippen LogP contribution in [0.5, 0.6) is 0 Å². The van der Waals surface area contributed by atoms with Gasteiger partial charge < -0.3 is 0 Å². The van der Waals surface area contributed by atoms with Crippen molar-refractivity contribution in [3.63, 3.8) is 0 Å². The van der Waals surface area contributed by atoms with Gasteiger partial charge in [-0.3, -0.25) is 4.79 Å². The Kier molecular flexibility index (Phi) is 2.44. The molecule has 0 aliphatic heterocycles. The van der Waals surface area contributed by atoms with Gasteiger partial charge in [0.1, 0.15) is 5.78 Å². The molecule has 3 unspecified atom stereocenters. The molecule has 0 heterocycles. The van der Waals surface area contributed by atoms with Crippen molar-refractivity contribution >= 4 is 5.78 Å². The van der Waals surface area contributed by atoms with Gasteiger partial charge in [-0.2, -0.15) is 0 Å². The Morgan fingerprint density at radius 3 is 2.54 bits per heavy atom. The molecule has 2 aliphatic carbocycles. The Morgan fingerprint density at radius 2 is 2.00 bits per heavy atom. The molecular weight excluding hydrogens is 160 g/mol. The zero-order chi connectivity index (χ0) is 9.42. The van der Waals surface area contributed by atoms with Gasteiger partial charge >= 0.3 is 0 Å². The lowest BCUT2D eigenvalue weighted by molar-refractivity contribution is -0.121. The lowest BCUT2D eigenvalue weighted by atomic mass is 9.97. The molecule has 0 radical (unpaired) electrons. The quantitative estimate of drug-likeness (QED) is 0.650. The Bertz CT molecular complexity index is 199. The normalized spacial score (nSPS) is 38.5. The summed E-state index contributed by atoms with van der Waals surface area (Å²) >= 11 is 0. The number of fused-ring (bicyclic) bond motifs is 1. The van der Waals surface area contributed by atoms with Crippen LogP contribution in [0, 0.1) is 23.7 Å². The molecule has 74 valence electrons. The minimum atomic E-state index is 0.503. The summed E-state index contributed by atoms with van der Waals surface area (Å²) in [5.74, 6) is 3.31. The molecule has 0 amide bonds. The van der Waals surface area contributed by atoms with E-state index in [4.69, 9.17) is 0 Å². The third-order valence-corrected chi connectivity index (χ3v) is 4.02. The first kappa shape index (κ1) is 9.23. The van der Waals surface area contributed by atoms with Gasteiger partial charge in [0, 0.05) is 12.3 Å². The number of carbonyl (C=O) groups excluding carboxylic acids is 1. The molecule has 2 saturated carbocycles. The minimum absolute atomic E-state index is 0.503. The van der Waals surface area contributed by atoms with Crippen molar-refractivity contribution in [2.75, 3.05) is 0 Å². The highest BCUT2D eigenvalue weighted by atomic mass is 16.1. The molecule has 2 fully saturated rings. The summed E-state index contributed by atoms with van der Waals surface area (Å²) in [7, 11) is 0. The first-order valence-electron chi connectivity index (χ1n) is 5.76. The van der Waals surface area contributed by atoms with Crippen LogP contribution in [0.15, 0.2) is 0 Å². The minimum Gasteiger partial charge on any atom is -0.299 e. The van der Waals surface area contributed by atoms with Gasteiger partial charge in [-0.25, -0.2) is 0 Å². The Morgan fingerprint density at radius 1 is 1.38 bits per heavy atom. The van der Waals surface area contributed by atoms with Gasteiger partial charge in [0.25, 0.3) is 0 Å². The Balaban J connectivity index is 1.80. The lowest BCUT2D eigenvalue weighted by Crippen LogP contribution is -2.09. The zero-order valence-corrected chi connectivity index (χ0v) is 8.75. The first-order chi connectivity index (χ1) is 6.24. The average Bonchev–Trinajstić information content (AvgIpc) is 2.61. The predicted molar refractivity (Wildman–Crippen MR) is 53.4 cm³/mol. The highest BCUT2D eigenvalue weighted by Gasteiger charge is 2.55. The van der Waals surface area contributed by atoms with Crippen LogP contribution < -0.4 is 0 Å². The van der Waals surface area contributed by atoms with Crippen LogP contribution in [0.3, 0.4) is 0 Å². The van der Waals surface area contributed by atoms with Gasteiger partial charge in [-0.15, -0.1) is 0 Å². The van der Waals surface area contributed by atoms with Crippen molar-refractivity contribution in [2.45, 2.75) is 46.0 Å². The molecule has 0 aromatic carbocycles. The van der Waals surface area contributed by atoms with Crippen LogP contribution >= 0.6 is 0 Å². The van der Waals surface area contributed by atoms with Crippen molar-refractivity contribution in [1.82, 2.24) is 0 Å². The summed E-state index contributed by atoms with van der Waals surface area (Å²) in [6.45, 7) is 4.36. The molecule has 0 N–H and O–H groups in total. The van der Waals surface area contributed by atoms with Crippen LogP contribution in [0.2, 0.25) is 0 Å². The number of carbonyl (C=O) groups is 1. The summed E-state index contributed by atoms with van der Waals surface area (Å²) in [4.78, 5) is 11.8. The highest BCUT2D eigenvalue weighted by Crippen LogP contribution is 2.58. The van der Waals surface area contributed by atoms with Gasteiger partial charge in [-0.05, 0) is 30.6 Å². The van der Waals surface area contributed by atoms with Crippen LogP contribution in [0.25, 0.3) is 0 Å². The molecular formula is C12H20O. The van der Waals surface area contributed by atoms with E-state index in [9.17, 15) is 4.79 Å². The highest BCUT2D eigenvalue weighted by molar-refractivity contribution is 5.84. The Labute approximate surface area is 80.9 Å². The van der Waals surface area contributed by atoms with Crippen LogP contribution in [-0.4, -0.2) is 5.78 Å². The molecule has 0 saturated heterocycles. The second kappa shape index (κ2) is 3.43. The molecule has 1 nitrogen and oxygen atoms in total. The maximum Gasteiger partial charge on any atom is 0.136 e. The number of hydrogen-bond donors (Lipinski definition) is 0. The third kappa shape index (κ3) is 1.66. The second-order valence-corrected chi connectivity index (χ2v) is 4.97. The van der Waals surface area contributed by atoms with E-state index in [-0.39, 0.29) is 0 Å². The van der Waals surface area contributed by atoms with Gasteiger partial charge in [0.2, 0.25) is 0 Å². The van der Waals surface area contributed by atoms with Gasteiger partial charge in [-0.1, -0.05) is 26.7 Å². The number of rotatable bonds is 4. The van der Waals surface area contributed by atoms with E-state index in [1.54, 1.807) is 0 Å². The molecule has 3 atom stereocenters. The molecule has 2 rings (SSSR count). The van der Waals surface area contributed by atoms with Crippen LogP contribution in [0.4, 0.5) is 0 Å². The average molecular weight is 180 g/mol. The number of Topliss-reactive ketones (excluding diaryl/α,β-unsaturated/α-hetero) is 1. The number of hydrogen-bond acceptors (Lipinski definition) is 1. The monoisotopic (exact) mass is 180 g/mol. The van der Waals surface area contributed by atoms with Crippen molar-refractivity contribution in [2.24, 2.45) is 23.7 Å². The topological polar surface area (TPSA) is 17.1 Å². The van der Waals surface area contributed by atoms with E-state index >= 15 is 0 Å². The standard InChI is InChI=1S/C12H20O/c1-3-8(2)7-11(13)12-9-5-4-6-10(9)12/h8-10,12H,3-7H2,1-2H3. The van der Waals surface area contributed by atoms with Crippen molar-refractivity contribution in [3.8, 4) is 0 Å². The summed E-state index contributed by atoms with van der Waals surface area (Å²) in [5, 5.41) is 0. The molecule has 0 aromatic heterocycles. The van der Waals surface area contributed by atoms with Crippen molar-refractivity contribution in [3.05, 3.63) is 0 Å². The summed E-state index contributed by atoms with van der Waals surface area (Å²) in [5.41, 5.74) is 0. The molecule has 0 spiro atoms. The Hall–Kier alpha value is -0.330. The molecule has 13 heavy (non-hydrogen) atoms. The predicted octanol–water partition coefficient (Wildman–Crippen LogP) is 3.04. The van der Waals surface area contributed by atoms with E-state index in [1.165, 1.54) is 19.3 Å². The number of ketones is 1. The van der Waals surface area contributed by atoms with Gasteiger partial charge in [0.15, 0.2) is 0 Å². The van der Waals surface area contributed by atoms with E-state index in [0.717, 1.165) is 24.7 Å². The zero-order valence-electron chi connectivity index (χ0n) is 8.75. The van der Waals surface area contributed by atoms with E-state index in [0.29, 0.717) is 17.6 Å². The molecule has 0 bridgehead atoms. The maximum absolute atomic E-state index is 11.8. The lowest BCUT2D eigenvalue weighted by Gasteiger charge is -2.07. The fourth-order valence-electron chi connectivity index (χ4n) is 2.92. The first-order valence-corrected chi connectivity index (χ1v) is 5.76. The molecule has 1 heteroatoms.